The number of benzene rings is 3. The lowest BCUT2D eigenvalue weighted by Gasteiger charge is -2.12. The summed E-state index contributed by atoms with van der Waals surface area (Å²) in [6.07, 6.45) is 0. The van der Waals surface area contributed by atoms with Crippen LogP contribution in [0.25, 0.3) is 0 Å². The SMILES string of the molecule is O=C(CNC(=O)c1ccc2c(c1)OCO2)OCc1ccccc1Oc1ccccc1. The van der Waals surface area contributed by atoms with Crippen LogP contribution in [0.1, 0.15) is 15.9 Å². The summed E-state index contributed by atoms with van der Waals surface area (Å²) in [7, 11) is 0. The van der Waals surface area contributed by atoms with E-state index in [1.807, 2.05) is 48.5 Å². The first-order valence-corrected chi connectivity index (χ1v) is 9.33. The molecule has 0 bridgehead atoms. The molecule has 4 rings (SSSR count). The number of hydrogen-bond acceptors (Lipinski definition) is 6. The first-order valence-electron chi connectivity index (χ1n) is 9.33. The van der Waals surface area contributed by atoms with Gasteiger partial charge in [-0.25, -0.2) is 0 Å². The van der Waals surface area contributed by atoms with Crippen LogP contribution in [0, 0.1) is 0 Å². The molecule has 0 atom stereocenters. The smallest absolute Gasteiger partial charge is 0.325 e. The second-order valence-corrected chi connectivity index (χ2v) is 6.43. The number of amides is 1. The second kappa shape index (κ2) is 9.00. The van der Waals surface area contributed by atoms with E-state index in [0.717, 1.165) is 5.56 Å². The quantitative estimate of drug-likeness (QED) is 0.604. The van der Waals surface area contributed by atoms with Crippen LogP contribution in [0.15, 0.2) is 72.8 Å². The summed E-state index contributed by atoms with van der Waals surface area (Å²) in [5, 5.41) is 2.54. The molecular formula is C23H19NO6. The predicted molar refractivity (Wildman–Crippen MR) is 108 cm³/mol. The average molecular weight is 405 g/mol. The van der Waals surface area contributed by atoms with Crippen LogP contribution < -0.4 is 19.5 Å². The van der Waals surface area contributed by atoms with Crippen LogP contribution in [0.5, 0.6) is 23.0 Å². The van der Waals surface area contributed by atoms with E-state index in [2.05, 4.69) is 5.32 Å². The van der Waals surface area contributed by atoms with Gasteiger partial charge in [0.15, 0.2) is 11.5 Å². The minimum atomic E-state index is -0.557. The zero-order valence-electron chi connectivity index (χ0n) is 16.0. The van der Waals surface area contributed by atoms with Crippen molar-refractivity contribution in [3.8, 4) is 23.0 Å². The number of esters is 1. The number of hydrogen-bond donors (Lipinski definition) is 1. The fraction of sp³-hybridized carbons (Fsp3) is 0.130. The Balaban J connectivity index is 1.29. The molecule has 0 fully saturated rings. The third-order valence-corrected chi connectivity index (χ3v) is 4.36. The predicted octanol–water partition coefficient (Wildman–Crippen LogP) is 3.68. The van der Waals surface area contributed by atoms with Gasteiger partial charge < -0.3 is 24.3 Å². The molecule has 3 aromatic carbocycles. The number of rotatable bonds is 7. The van der Waals surface area contributed by atoms with E-state index in [0.29, 0.717) is 28.6 Å². The summed E-state index contributed by atoms with van der Waals surface area (Å²) in [5.74, 6) is 1.41. The van der Waals surface area contributed by atoms with Gasteiger partial charge in [-0.3, -0.25) is 9.59 Å². The van der Waals surface area contributed by atoms with Gasteiger partial charge in [-0.1, -0.05) is 36.4 Å². The van der Waals surface area contributed by atoms with Crippen molar-refractivity contribution in [2.45, 2.75) is 6.61 Å². The molecule has 0 radical (unpaired) electrons. The van der Waals surface area contributed by atoms with E-state index >= 15 is 0 Å². The summed E-state index contributed by atoms with van der Waals surface area (Å²) < 4.78 is 21.6. The first-order chi connectivity index (χ1) is 14.7. The highest BCUT2D eigenvalue weighted by Gasteiger charge is 2.17. The molecule has 1 amide bonds. The standard InChI is InChI=1S/C23H19NO6/c25-22(13-24-23(26)16-10-11-20-21(12-16)29-15-28-20)27-14-17-6-4-5-9-19(17)30-18-7-2-1-3-8-18/h1-12H,13-15H2,(H,24,26). The van der Waals surface area contributed by atoms with Gasteiger partial charge in [-0.15, -0.1) is 0 Å². The Bertz CT molecular complexity index is 1050. The molecule has 0 aliphatic carbocycles. The monoisotopic (exact) mass is 405 g/mol. The van der Waals surface area contributed by atoms with Gasteiger partial charge in [-0.05, 0) is 36.4 Å². The number of carbonyl (C=O) groups excluding carboxylic acids is 2. The molecule has 7 nitrogen and oxygen atoms in total. The van der Waals surface area contributed by atoms with Crippen LogP contribution >= 0.6 is 0 Å². The van der Waals surface area contributed by atoms with Crippen LogP contribution in [0.2, 0.25) is 0 Å². The molecule has 30 heavy (non-hydrogen) atoms. The van der Waals surface area contributed by atoms with Crippen molar-refractivity contribution >= 4 is 11.9 Å². The molecule has 0 saturated heterocycles. The van der Waals surface area contributed by atoms with Crippen LogP contribution in [0.3, 0.4) is 0 Å². The third-order valence-electron chi connectivity index (χ3n) is 4.36. The Hall–Kier alpha value is -4.00. The van der Waals surface area contributed by atoms with Crippen molar-refractivity contribution in [1.29, 1.82) is 0 Å². The maximum atomic E-state index is 12.2. The van der Waals surface area contributed by atoms with Gasteiger partial charge in [0.1, 0.15) is 24.7 Å². The molecule has 7 heteroatoms. The Kier molecular flexibility index (Phi) is 5.80. The number of para-hydroxylation sites is 2. The topological polar surface area (TPSA) is 83.1 Å². The van der Waals surface area contributed by atoms with Gasteiger partial charge in [-0.2, -0.15) is 0 Å². The van der Waals surface area contributed by atoms with Crippen molar-refractivity contribution in [2.75, 3.05) is 13.3 Å². The lowest BCUT2D eigenvalue weighted by Crippen LogP contribution is -2.30. The summed E-state index contributed by atoms with van der Waals surface area (Å²) in [5.41, 5.74) is 1.09. The van der Waals surface area contributed by atoms with Gasteiger partial charge in [0.2, 0.25) is 6.79 Å². The molecule has 3 aromatic rings. The molecule has 1 aliphatic heterocycles. The Morgan fingerprint density at radius 1 is 0.900 bits per heavy atom. The highest BCUT2D eigenvalue weighted by atomic mass is 16.7. The van der Waals surface area contributed by atoms with Crippen molar-refractivity contribution in [2.24, 2.45) is 0 Å². The molecule has 1 N–H and O–H groups in total. The van der Waals surface area contributed by atoms with Gasteiger partial charge in [0.05, 0.1) is 0 Å². The third kappa shape index (κ3) is 4.70. The largest absolute Gasteiger partial charge is 0.459 e. The van der Waals surface area contributed by atoms with Gasteiger partial charge in [0, 0.05) is 11.1 Å². The maximum Gasteiger partial charge on any atom is 0.325 e. The zero-order valence-corrected chi connectivity index (χ0v) is 16.0. The molecular weight excluding hydrogens is 386 g/mol. The minimum Gasteiger partial charge on any atom is -0.459 e. The summed E-state index contributed by atoms with van der Waals surface area (Å²) in [6.45, 7) is -0.0983. The lowest BCUT2D eigenvalue weighted by molar-refractivity contribution is -0.143. The van der Waals surface area contributed by atoms with Crippen molar-refractivity contribution in [3.05, 3.63) is 83.9 Å². The van der Waals surface area contributed by atoms with Crippen molar-refractivity contribution < 1.29 is 28.5 Å². The molecule has 0 saturated carbocycles. The summed E-state index contributed by atoms with van der Waals surface area (Å²) >= 11 is 0. The second-order valence-electron chi connectivity index (χ2n) is 6.43. The minimum absolute atomic E-state index is 0.0295. The fourth-order valence-electron chi connectivity index (χ4n) is 2.84. The van der Waals surface area contributed by atoms with Crippen LogP contribution in [-0.4, -0.2) is 25.2 Å². The van der Waals surface area contributed by atoms with E-state index < -0.39 is 11.9 Å². The van der Waals surface area contributed by atoms with Gasteiger partial charge in [0.25, 0.3) is 5.91 Å². The molecule has 1 aliphatic rings. The normalized spacial score (nSPS) is 11.6. The zero-order chi connectivity index (χ0) is 20.8. The average Bonchev–Trinajstić information content (AvgIpc) is 3.25. The first kappa shape index (κ1) is 19.3. The number of nitrogens with one attached hydrogen (secondary N) is 1. The molecule has 152 valence electrons. The highest BCUT2D eigenvalue weighted by molar-refractivity contribution is 5.96. The van der Waals surface area contributed by atoms with Crippen molar-refractivity contribution in [1.82, 2.24) is 5.32 Å². The van der Waals surface area contributed by atoms with Crippen LogP contribution in [-0.2, 0) is 16.1 Å². The Morgan fingerprint density at radius 2 is 1.67 bits per heavy atom. The molecule has 0 unspecified atom stereocenters. The van der Waals surface area contributed by atoms with Gasteiger partial charge >= 0.3 is 5.97 Å². The number of ether oxygens (including phenoxy) is 4. The fourth-order valence-corrected chi connectivity index (χ4v) is 2.84. The Morgan fingerprint density at radius 3 is 2.53 bits per heavy atom. The maximum absolute atomic E-state index is 12.2. The van der Waals surface area contributed by atoms with E-state index in [1.165, 1.54) is 0 Å². The summed E-state index contributed by atoms with van der Waals surface area (Å²) in [4.78, 5) is 24.3. The summed E-state index contributed by atoms with van der Waals surface area (Å²) in [6, 6.07) is 21.5. The molecule has 0 spiro atoms. The Labute approximate surface area is 173 Å². The van der Waals surface area contributed by atoms with E-state index in [9.17, 15) is 9.59 Å². The van der Waals surface area contributed by atoms with E-state index in [1.54, 1.807) is 24.3 Å². The van der Waals surface area contributed by atoms with E-state index in [4.69, 9.17) is 18.9 Å². The number of fused-ring (bicyclic) bond motifs is 1. The van der Waals surface area contributed by atoms with Crippen molar-refractivity contribution in [3.63, 3.8) is 0 Å². The van der Waals surface area contributed by atoms with Crippen LogP contribution in [0.4, 0.5) is 0 Å². The molecule has 1 heterocycles. The van der Waals surface area contributed by atoms with E-state index in [-0.39, 0.29) is 19.9 Å². The highest BCUT2D eigenvalue weighted by Crippen LogP contribution is 2.32. The molecule has 0 aromatic heterocycles. The lowest BCUT2D eigenvalue weighted by atomic mass is 10.2. The number of carbonyl (C=O) groups is 2.